The highest BCUT2D eigenvalue weighted by Gasteiger charge is 2.25. The summed E-state index contributed by atoms with van der Waals surface area (Å²) in [7, 11) is -2.07. The van der Waals surface area contributed by atoms with E-state index in [0.29, 0.717) is 11.3 Å². The topological polar surface area (TPSA) is 122 Å². The first kappa shape index (κ1) is 21.7. The molecule has 3 aromatic rings. The van der Waals surface area contributed by atoms with Crippen LogP contribution in [0, 0.1) is 10.1 Å². The van der Waals surface area contributed by atoms with Gasteiger partial charge in [-0.2, -0.15) is 0 Å². The summed E-state index contributed by atoms with van der Waals surface area (Å²) in [5.74, 6) is 0.801. The molecule has 0 amide bonds. The molecule has 1 aliphatic heterocycles. The van der Waals surface area contributed by atoms with Gasteiger partial charge in [-0.3, -0.25) is 14.8 Å². The van der Waals surface area contributed by atoms with Gasteiger partial charge in [0.2, 0.25) is 0 Å². The van der Waals surface area contributed by atoms with Crippen LogP contribution in [0.15, 0.2) is 65.6 Å². The smallest absolute Gasteiger partial charge is 0.289 e. The van der Waals surface area contributed by atoms with Crippen molar-refractivity contribution in [3.63, 3.8) is 0 Å². The van der Waals surface area contributed by atoms with Crippen molar-refractivity contribution in [3.05, 3.63) is 70.8 Å². The molecule has 11 heteroatoms. The zero-order valence-electron chi connectivity index (χ0n) is 17.4. The van der Waals surface area contributed by atoms with Crippen LogP contribution in [-0.4, -0.2) is 61.7 Å². The van der Waals surface area contributed by atoms with Gasteiger partial charge >= 0.3 is 0 Å². The fourth-order valence-electron chi connectivity index (χ4n) is 3.47. The number of anilines is 2. The summed E-state index contributed by atoms with van der Waals surface area (Å²) in [5, 5.41) is 19.8. The van der Waals surface area contributed by atoms with Crippen LogP contribution in [0.3, 0.4) is 0 Å². The number of aromatic nitrogens is 2. The predicted octanol–water partition coefficient (Wildman–Crippen LogP) is 2.60. The second-order valence-corrected chi connectivity index (χ2v) is 9.13. The largest absolute Gasteiger partial charge is 0.353 e. The highest BCUT2D eigenvalue weighted by atomic mass is 32.2. The van der Waals surface area contributed by atoms with E-state index >= 15 is 0 Å². The number of hydrogen-bond acceptors (Lipinski definition) is 8. The molecule has 0 atom stereocenters. The number of rotatable bonds is 6. The second kappa shape index (κ2) is 8.89. The maximum absolute atomic E-state index is 12.8. The zero-order valence-corrected chi connectivity index (χ0v) is 18.2. The summed E-state index contributed by atoms with van der Waals surface area (Å²) in [6.45, 7) is 3.69. The van der Waals surface area contributed by atoms with Gasteiger partial charge in [-0.25, -0.2) is 8.42 Å². The van der Waals surface area contributed by atoms with Gasteiger partial charge in [0.05, 0.1) is 10.6 Å². The molecule has 0 bridgehead atoms. The maximum Gasteiger partial charge on any atom is 0.289 e. The first-order valence-electron chi connectivity index (χ1n) is 9.97. The third-order valence-electron chi connectivity index (χ3n) is 5.24. The van der Waals surface area contributed by atoms with E-state index in [2.05, 4.69) is 31.8 Å². The Morgan fingerprint density at radius 2 is 1.72 bits per heavy atom. The number of nitrogens with zero attached hydrogens (tertiary/aromatic N) is 5. The van der Waals surface area contributed by atoms with Gasteiger partial charge in [-0.1, -0.05) is 24.3 Å². The lowest BCUT2D eigenvalue weighted by Gasteiger charge is -2.32. The number of benzene rings is 2. The molecule has 1 aromatic heterocycles. The third-order valence-corrected chi connectivity index (χ3v) is 6.67. The van der Waals surface area contributed by atoms with Crippen LogP contribution in [0.5, 0.6) is 0 Å². The first-order chi connectivity index (χ1) is 15.3. The van der Waals surface area contributed by atoms with Crippen molar-refractivity contribution in [2.45, 2.75) is 4.90 Å². The molecule has 0 spiro atoms. The van der Waals surface area contributed by atoms with Crippen molar-refractivity contribution in [2.24, 2.45) is 0 Å². The van der Waals surface area contributed by atoms with Crippen LogP contribution in [0.1, 0.15) is 0 Å². The number of sulfonamides is 1. The molecule has 4 rings (SSSR count). The van der Waals surface area contributed by atoms with Gasteiger partial charge in [0.1, 0.15) is 0 Å². The van der Waals surface area contributed by atoms with Crippen LogP contribution in [-0.2, 0) is 10.0 Å². The zero-order chi connectivity index (χ0) is 22.7. The number of piperazine rings is 1. The lowest BCUT2D eigenvalue weighted by Crippen LogP contribution is -2.44. The molecule has 32 heavy (non-hydrogen) atoms. The molecular formula is C21H22N6O4S. The van der Waals surface area contributed by atoms with Crippen LogP contribution in [0.4, 0.5) is 17.2 Å². The van der Waals surface area contributed by atoms with E-state index in [9.17, 15) is 18.5 Å². The molecule has 0 unspecified atom stereocenters. The average Bonchev–Trinajstić information content (AvgIpc) is 2.79. The third kappa shape index (κ3) is 4.68. The van der Waals surface area contributed by atoms with E-state index in [0.717, 1.165) is 38.1 Å². The lowest BCUT2D eigenvalue weighted by molar-refractivity contribution is -0.387. The van der Waals surface area contributed by atoms with E-state index in [-0.39, 0.29) is 5.69 Å². The summed E-state index contributed by atoms with van der Waals surface area (Å²) < 4.78 is 27.9. The summed E-state index contributed by atoms with van der Waals surface area (Å²) in [6.07, 6.45) is 0. The number of nitro groups is 1. The highest BCUT2D eigenvalue weighted by molar-refractivity contribution is 7.92. The first-order valence-corrected chi connectivity index (χ1v) is 11.5. The predicted molar refractivity (Wildman–Crippen MR) is 121 cm³/mol. The van der Waals surface area contributed by atoms with Gasteiger partial charge < -0.3 is 9.80 Å². The SMILES string of the molecule is CN1CCN(c2ccc(-c3cccc(NS(=O)(=O)c4ccccc4[N+](=O)[O-])c3)nn2)CC1. The number of para-hydroxylation sites is 1. The Morgan fingerprint density at radius 1 is 0.969 bits per heavy atom. The Balaban J connectivity index is 1.55. The van der Waals surface area contributed by atoms with Gasteiger partial charge in [-0.05, 0) is 37.4 Å². The normalized spacial score (nSPS) is 14.8. The van der Waals surface area contributed by atoms with Crippen molar-refractivity contribution in [2.75, 3.05) is 42.8 Å². The molecule has 1 N–H and O–H groups in total. The van der Waals surface area contributed by atoms with Crippen LogP contribution < -0.4 is 9.62 Å². The molecule has 2 aromatic carbocycles. The molecule has 1 saturated heterocycles. The molecule has 0 aliphatic carbocycles. The Bertz CT molecular complexity index is 1230. The quantitative estimate of drug-likeness (QED) is 0.446. The van der Waals surface area contributed by atoms with Crippen molar-refractivity contribution in [1.29, 1.82) is 0 Å². The van der Waals surface area contributed by atoms with Crippen molar-refractivity contribution in [3.8, 4) is 11.3 Å². The molecule has 166 valence electrons. The van der Waals surface area contributed by atoms with Crippen molar-refractivity contribution in [1.82, 2.24) is 15.1 Å². The molecule has 2 heterocycles. The van der Waals surface area contributed by atoms with Gasteiger partial charge in [0, 0.05) is 43.5 Å². The Morgan fingerprint density at radius 3 is 2.41 bits per heavy atom. The number of nitrogens with one attached hydrogen (secondary N) is 1. The van der Waals surface area contributed by atoms with Crippen molar-refractivity contribution >= 4 is 27.2 Å². The fraction of sp³-hybridized carbons (Fsp3) is 0.238. The minimum Gasteiger partial charge on any atom is -0.353 e. The average molecular weight is 455 g/mol. The molecular weight excluding hydrogens is 432 g/mol. The monoisotopic (exact) mass is 454 g/mol. The van der Waals surface area contributed by atoms with E-state index in [4.69, 9.17) is 0 Å². The van der Waals surface area contributed by atoms with Crippen LogP contribution >= 0.6 is 0 Å². The number of hydrogen-bond donors (Lipinski definition) is 1. The Kier molecular flexibility index (Phi) is 6.01. The summed E-state index contributed by atoms with van der Waals surface area (Å²) in [5.41, 5.74) is 1.05. The fourth-order valence-corrected chi connectivity index (χ4v) is 4.69. The lowest BCUT2D eigenvalue weighted by atomic mass is 10.1. The Labute approximate surface area is 185 Å². The van der Waals surface area contributed by atoms with E-state index in [1.54, 1.807) is 24.3 Å². The second-order valence-electron chi connectivity index (χ2n) is 7.48. The van der Waals surface area contributed by atoms with E-state index in [1.165, 1.54) is 18.2 Å². The van der Waals surface area contributed by atoms with E-state index < -0.39 is 25.5 Å². The molecule has 10 nitrogen and oxygen atoms in total. The number of likely N-dealkylation sites (N-methyl/N-ethyl adjacent to an activating group) is 1. The van der Waals surface area contributed by atoms with Crippen molar-refractivity contribution < 1.29 is 13.3 Å². The Hall–Kier alpha value is -3.57. The summed E-state index contributed by atoms with van der Waals surface area (Å²) in [6, 6.07) is 15.6. The number of nitro benzene ring substituents is 1. The van der Waals surface area contributed by atoms with E-state index in [1.807, 2.05) is 12.1 Å². The molecule has 0 saturated carbocycles. The minimum atomic E-state index is -4.15. The minimum absolute atomic E-state index is 0.269. The van der Waals surface area contributed by atoms with Gasteiger partial charge in [0.15, 0.2) is 10.7 Å². The standard InChI is InChI=1S/C21H22N6O4S/c1-25-11-13-26(14-12-25)21-10-9-18(22-23-21)16-5-4-6-17(15-16)24-32(30,31)20-8-3-2-7-19(20)27(28)29/h2-10,15,24H,11-14H2,1H3. The molecule has 0 radical (unpaired) electrons. The summed E-state index contributed by atoms with van der Waals surface area (Å²) in [4.78, 5) is 14.5. The highest BCUT2D eigenvalue weighted by Crippen LogP contribution is 2.27. The molecule has 1 aliphatic rings. The van der Waals surface area contributed by atoms with Gasteiger partial charge in [-0.15, -0.1) is 10.2 Å². The maximum atomic E-state index is 12.8. The van der Waals surface area contributed by atoms with Crippen LogP contribution in [0.25, 0.3) is 11.3 Å². The van der Waals surface area contributed by atoms with Gasteiger partial charge in [0.25, 0.3) is 15.7 Å². The molecule has 1 fully saturated rings. The summed E-state index contributed by atoms with van der Waals surface area (Å²) >= 11 is 0. The van der Waals surface area contributed by atoms with Crippen LogP contribution in [0.2, 0.25) is 0 Å².